The van der Waals surface area contributed by atoms with Gasteiger partial charge in [0.05, 0.1) is 0 Å². The van der Waals surface area contributed by atoms with Gasteiger partial charge in [0.1, 0.15) is 23.2 Å². The van der Waals surface area contributed by atoms with Crippen LogP contribution < -0.4 is 10.6 Å². The molecule has 0 saturated carbocycles. The Bertz CT molecular complexity index is 1720. The van der Waals surface area contributed by atoms with Crippen molar-refractivity contribution >= 4 is 34.9 Å². The summed E-state index contributed by atoms with van der Waals surface area (Å²) in [5, 5.41) is 25.5. The van der Waals surface area contributed by atoms with Gasteiger partial charge in [0.2, 0.25) is 11.6 Å². The third kappa shape index (κ3) is 10.1. The first-order valence-electron chi connectivity index (χ1n) is 14.7. The zero-order chi connectivity index (χ0) is 33.8. The van der Waals surface area contributed by atoms with Crippen LogP contribution in [-0.4, -0.2) is 46.7 Å². The SMILES string of the molecule is O=C(C=C(O)c1cccc(Cc2ccccc2F)c1)C(=O)NCCCNC(=O)C(=O)C=C(O)c1cccc(Cc2ccccc2F)c1. The second-order valence-electron chi connectivity index (χ2n) is 10.6. The number of hydrogen-bond acceptors (Lipinski definition) is 6. The van der Waals surface area contributed by atoms with Gasteiger partial charge in [0, 0.05) is 49.2 Å². The lowest BCUT2D eigenvalue weighted by Crippen LogP contribution is -2.35. The number of rotatable bonds is 14. The number of carbonyl (C=O) groups is 4. The predicted octanol–water partition coefficient (Wildman–Crippen LogP) is 5.41. The highest BCUT2D eigenvalue weighted by molar-refractivity contribution is 6.42. The Morgan fingerprint density at radius 1 is 0.574 bits per heavy atom. The average molecular weight is 639 g/mol. The molecule has 0 unspecified atom stereocenters. The van der Waals surface area contributed by atoms with Gasteiger partial charge in [-0.3, -0.25) is 19.2 Å². The monoisotopic (exact) mass is 638 g/mol. The van der Waals surface area contributed by atoms with Crippen LogP contribution in [0.25, 0.3) is 11.5 Å². The van der Waals surface area contributed by atoms with E-state index in [0.717, 1.165) is 12.2 Å². The Labute approximate surface area is 270 Å². The second-order valence-corrected chi connectivity index (χ2v) is 10.6. The Morgan fingerprint density at radius 2 is 0.979 bits per heavy atom. The fourth-order valence-corrected chi connectivity index (χ4v) is 4.62. The minimum atomic E-state index is -1.00. The smallest absolute Gasteiger partial charge is 0.291 e. The van der Waals surface area contributed by atoms with Gasteiger partial charge in [0.25, 0.3) is 11.8 Å². The highest BCUT2D eigenvalue weighted by Gasteiger charge is 2.15. The topological polar surface area (TPSA) is 133 Å². The molecule has 8 nitrogen and oxygen atoms in total. The van der Waals surface area contributed by atoms with Crippen LogP contribution in [0, 0.1) is 11.6 Å². The number of aliphatic hydroxyl groups is 2. The van der Waals surface area contributed by atoms with Crippen molar-refractivity contribution < 1.29 is 38.2 Å². The summed E-state index contributed by atoms with van der Waals surface area (Å²) in [6.45, 7) is -0.0245. The van der Waals surface area contributed by atoms with E-state index in [9.17, 15) is 38.2 Å². The Morgan fingerprint density at radius 3 is 1.38 bits per heavy atom. The van der Waals surface area contributed by atoms with E-state index in [4.69, 9.17) is 0 Å². The van der Waals surface area contributed by atoms with Crippen LogP contribution in [-0.2, 0) is 32.0 Å². The molecule has 0 fully saturated rings. The number of hydrogen-bond donors (Lipinski definition) is 4. The third-order valence-electron chi connectivity index (χ3n) is 7.06. The maximum atomic E-state index is 14.0. The van der Waals surface area contributed by atoms with E-state index in [1.807, 2.05) is 0 Å². The number of carbonyl (C=O) groups excluding carboxylic acids is 4. The van der Waals surface area contributed by atoms with Crippen LogP contribution in [0.4, 0.5) is 8.78 Å². The molecule has 4 N–H and O–H groups in total. The highest BCUT2D eigenvalue weighted by atomic mass is 19.1. The minimum Gasteiger partial charge on any atom is -0.507 e. The summed E-state index contributed by atoms with van der Waals surface area (Å²) >= 11 is 0. The molecule has 0 aliphatic rings. The van der Waals surface area contributed by atoms with E-state index in [2.05, 4.69) is 10.6 Å². The first kappa shape index (κ1) is 34.0. The molecule has 240 valence electrons. The zero-order valence-corrected chi connectivity index (χ0v) is 25.2. The number of halogens is 2. The summed E-state index contributed by atoms with van der Waals surface area (Å²) in [4.78, 5) is 49.0. The van der Waals surface area contributed by atoms with Crippen molar-refractivity contribution in [1.29, 1.82) is 0 Å². The zero-order valence-electron chi connectivity index (χ0n) is 25.2. The van der Waals surface area contributed by atoms with Crippen LogP contribution in [0.15, 0.2) is 109 Å². The molecule has 0 atom stereocenters. The van der Waals surface area contributed by atoms with E-state index < -0.39 is 34.9 Å². The van der Waals surface area contributed by atoms with Crippen LogP contribution in [0.1, 0.15) is 39.8 Å². The molecule has 0 bridgehead atoms. The molecule has 4 aromatic rings. The van der Waals surface area contributed by atoms with Gasteiger partial charge in [0.15, 0.2) is 0 Å². The first-order valence-corrected chi connectivity index (χ1v) is 14.7. The van der Waals surface area contributed by atoms with E-state index >= 15 is 0 Å². The Balaban J connectivity index is 1.21. The summed E-state index contributed by atoms with van der Waals surface area (Å²) in [7, 11) is 0. The van der Waals surface area contributed by atoms with E-state index in [-0.39, 0.29) is 55.1 Å². The van der Waals surface area contributed by atoms with Crippen molar-refractivity contribution in [2.24, 2.45) is 0 Å². The van der Waals surface area contributed by atoms with Gasteiger partial charge in [-0.05, 0) is 52.9 Å². The summed E-state index contributed by atoms with van der Waals surface area (Å²) in [5.74, 6) is -5.54. The number of amides is 2. The third-order valence-corrected chi connectivity index (χ3v) is 7.06. The first-order chi connectivity index (χ1) is 22.6. The quantitative estimate of drug-likeness (QED) is 0.0633. The summed E-state index contributed by atoms with van der Waals surface area (Å²) in [6, 6.07) is 25.7. The number of ketones is 2. The molecule has 47 heavy (non-hydrogen) atoms. The van der Waals surface area contributed by atoms with Crippen molar-refractivity contribution in [2.75, 3.05) is 13.1 Å². The maximum absolute atomic E-state index is 14.0. The molecule has 4 aromatic carbocycles. The van der Waals surface area contributed by atoms with Crippen LogP contribution in [0.5, 0.6) is 0 Å². The van der Waals surface area contributed by atoms with Crippen molar-refractivity contribution in [1.82, 2.24) is 10.6 Å². The normalized spacial score (nSPS) is 11.5. The molecule has 0 heterocycles. The molecule has 0 aromatic heterocycles. The molecule has 0 aliphatic heterocycles. The van der Waals surface area contributed by atoms with E-state index in [1.165, 1.54) is 12.1 Å². The second kappa shape index (κ2) is 16.4. The van der Waals surface area contributed by atoms with Crippen LogP contribution in [0.2, 0.25) is 0 Å². The molecule has 10 heteroatoms. The molecule has 4 rings (SSSR count). The summed E-state index contributed by atoms with van der Waals surface area (Å²) in [5.41, 5.74) is 2.89. The van der Waals surface area contributed by atoms with Crippen LogP contribution in [0.3, 0.4) is 0 Å². The fraction of sp³-hybridized carbons (Fsp3) is 0.135. The molecule has 0 spiro atoms. The number of benzene rings is 4. The van der Waals surface area contributed by atoms with Gasteiger partial charge >= 0.3 is 0 Å². The Kier molecular flexibility index (Phi) is 11.9. The Hall–Kier alpha value is -5.90. The molecule has 0 saturated heterocycles. The van der Waals surface area contributed by atoms with Gasteiger partial charge in [-0.2, -0.15) is 0 Å². The lowest BCUT2D eigenvalue weighted by molar-refractivity contribution is -0.135. The predicted molar refractivity (Wildman–Crippen MR) is 173 cm³/mol. The van der Waals surface area contributed by atoms with Crippen molar-refractivity contribution in [3.8, 4) is 0 Å². The lowest BCUT2D eigenvalue weighted by Gasteiger charge is -2.07. The molecule has 0 aliphatic carbocycles. The summed E-state index contributed by atoms with van der Waals surface area (Å²) in [6.07, 6.45) is 2.29. The number of aliphatic hydroxyl groups excluding tert-OH is 2. The summed E-state index contributed by atoms with van der Waals surface area (Å²) < 4.78 is 28.0. The number of nitrogens with one attached hydrogen (secondary N) is 2. The van der Waals surface area contributed by atoms with Crippen molar-refractivity contribution in [3.05, 3.63) is 154 Å². The van der Waals surface area contributed by atoms with Gasteiger partial charge in [-0.15, -0.1) is 0 Å². The van der Waals surface area contributed by atoms with E-state index in [0.29, 0.717) is 22.3 Å². The molecular weight excluding hydrogens is 606 g/mol. The largest absolute Gasteiger partial charge is 0.507 e. The average Bonchev–Trinajstić information content (AvgIpc) is 3.06. The highest BCUT2D eigenvalue weighted by Crippen LogP contribution is 2.19. The van der Waals surface area contributed by atoms with Gasteiger partial charge in [-0.25, -0.2) is 8.78 Å². The molecule has 0 radical (unpaired) electrons. The standard InChI is InChI=1S/C37H32F2N2O6/c38-30-14-3-1-10-26(30)18-24-8-5-12-28(20-24)32(42)22-34(44)36(46)40-16-7-17-41-37(47)35(45)23-33(43)29-13-6-9-25(21-29)19-27-11-2-4-15-31(27)39/h1-6,8-15,20-23,42-43H,7,16-19H2,(H,40,46)(H,41,47). The van der Waals surface area contributed by atoms with Gasteiger partial charge < -0.3 is 20.8 Å². The maximum Gasteiger partial charge on any atom is 0.291 e. The molecule has 2 amide bonds. The van der Waals surface area contributed by atoms with Gasteiger partial charge in [-0.1, -0.05) is 72.8 Å². The molecular formula is C37H32F2N2O6. The fourth-order valence-electron chi connectivity index (χ4n) is 4.62. The van der Waals surface area contributed by atoms with Crippen molar-refractivity contribution in [3.63, 3.8) is 0 Å². The minimum absolute atomic E-state index is 0.0122. The van der Waals surface area contributed by atoms with Crippen molar-refractivity contribution in [2.45, 2.75) is 19.3 Å². The van der Waals surface area contributed by atoms with E-state index in [1.54, 1.807) is 84.9 Å². The van der Waals surface area contributed by atoms with Crippen LogP contribution >= 0.6 is 0 Å². The lowest BCUT2D eigenvalue weighted by atomic mass is 10.0.